The molecule has 3 heteroatoms. The van der Waals surface area contributed by atoms with Crippen molar-refractivity contribution in [1.82, 2.24) is 10.6 Å². The van der Waals surface area contributed by atoms with Gasteiger partial charge in [-0.1, -0.05) is 49.6 Å². The summed E-state index contributed by atoms with van der Waals surface area (Å²) in [5.74, 6) is 0.186. The Hall–Kier alpha value is -1.35. The zero-order valence-electron chi connectivity index (χ0n) is 9.91. The molecule has 1 atom stereocenters. The number of rotatable bonds is 1. The molecule has 0 bridgehead atoms. The monoisotopic (exact) mass is 230 g/mol. The Bertz CT molecular complexity index is 409. The largest absolute Gasteiger partial charge is 0.335 e. The van der Waals surface area contributed by atoms with E-state index >= 15 is 0 Å². The fourth-order valence-electron chi connectivity index (χ4n) is 2.99. The van der Waals surface area contributed by atoms with Gasteiger partial charge in [0, 0.05) is 0 Å². The van der Waals surface area contributed by atoms with E-state index in [1.807, 2.05) is 18.2 Å². The van der Waals surface area contributed by atoms with Crippen LogP contribution >= 0.6 is 0 Å². The second-order valence-corrected chi connectivity index (χ2v) is 5.10. The Morgan fingerprint density at radius 1 is 1.06 bits per heavy atom. The van der Waals surface area contributed by atoms with E-state index in [0.717, 1.165) is 31.2 Å². The van der Waals surface area contributed by atoms with Crippen LogP contribution in [0.15, 0.2) is 30.3 Å². The first kappa shape index (κ1) is 10.8. The number of benzene rings is 1. The number of nitrogens with one attached hydrogen (secondary N) is 2. The molecule has 1 aromatic carbocycles. The normalized spacial score (nSPS) is 27.1. The summed E-state index contributed by atoms with van der Waals surface area (Å²) in [6.07, 6.45) is 5.50. The highest BCUT2D eigenvalue weighted by atomic mass is 16.2. The molecule has 3 nitrogen and oxygen atoms in total. The lowest BCUT2D eigenvalue weighted by atomic mass is 9.82. The van der Waals surface area contributed by atoms with Crippen LogP contribution in [-0.2, 0) is 4.79 Å². The lowest BCUT2D eigenvalue weighted by Gasteiger charge is -2.31. The Balaban J connectivity index is 1.82. The summed E-state index contributed by atoms with van der Waals surface area (Å²) < 4.78 is 0. The molecule has 0 aromatic heterocycles. The molecule has 1 unspecified atom stereocenters. The summed E-state index contributed by atoms with van der Waals surface area (Å²) in [5.41, 5.74) is 0.849. The summed E-state index contributed by atoms with van der Waals surface area (Å²) in [6.45, 7) is 0. The van der Waals surface area contributed by atoms with Gasteiger partial charge < -0.3 is 5.32 Å². The second kappa shape index (κ2) is 4.15. The van der Waals surface area contributed by atoms with Gasteiger partial charge in [-0.2, -0.15) is 0 Å². The summed E-state index contributed by atoms with van der Waals surface area (Å²) >= 11 is 0. The average molecular weight is 230 g/mol. The van der Waals surface area contributed by atoms with Gasteiger partial charge in [0.25, 0.3) is 0 Å². The third-order valence-corrected chi connectivity index (χ3v) is 3.97. The molecule has 1 amide bonds. The van der Waals surface area contributed by atoms with E-state index in [0.29, 0.717) is 0 Å². The highest BCUT2D eigenvalue weighted by molar-refractivity contribution is 5.89. The van der Waals surface area contributed by atoms with E-state index in [9.17, 15) is 4.79 Å². The molecule has 1 saturated heterocycles. The molecular weight excluding hydrogens is 212 g/mol. The Morgan fingerprint density at radius 3 is 2.47 bits per heavy atom. The Labute approximate surface area is 102 Å². The van der Waals surface area contributed by atoms with Crippen molar-refractivity contribution in [1.29, 1.82) is 0 Å². The van der Waals surface area contributed by atoms with Gasteiger partial charge in [0.2, 0.25) is 5.91 Å². The first-order valence-electron chi connectivity index (χ1n) is 6.44. The third kappa shape index (κ3) is 1.84. The van der Waals surface area contributed by atoms with Crippen LogP contribution in [0.2, 0.25) is 0 Å². The smallest absolute Gasteiger partial charge is 0.241 e. The van der Waals surface area contributed by atoms with Gasteiger partial charge in [0.05, 0.1) is 5.54 Å². The minimum atomic E-state index is -0.293. The first-order valence-corrected chi connectivity index (χ1v) is 6.44. The number of hydrogen-bond donors (Lipinski definition) is 2. The van der Waals surface area contributed by atoms with Crippen LogP contribution in [0.1, 0.15) is 43.8 Å². The third-order valence-electron chi connectivity index (χ3n) is 3.97. The highest BCUT2D eigenvalue weighted by Gasteiger charge is 2.46. The quantitative estimate of drug-likeness (QED) is 0.775. The van der Waals surface area contributed by atoms with E-state index in [4.69, 9.17) is 0 Å². The summed E-state index contributed by atoms with van der Waals surface area (Å²) in [5, 5.41) is 6.59. The van der Waals surface area contributed by atoms with E-state index in [2.05, 4.69) is 22.8 Å². The molecule has 1 aliphatic heterocycles. The van der Waals surface area contributed by atoms with Gasteiger partial charge in [-0.05, 0) is 18.4 Å². The van der Waals surface area contributed by atoms with Crippen molar-refractivity contribution in [3.8, 4) is 0 Å². The molecular formula is C14H18N2O. The average Bonchev–Trinajstić information content (AvgIpc) is 2.69. The van der Waals surface area contributed by atoms with Crippen molar-refractivity contribution >= 4 is 5.91 Å². The molecule has 2 fully saturated rings. The second-order valence-electron chi connectivity index (χ2n) is 5.10. The maximum Gasteiger partial charge on any atom is 0.241 e. The van der Waals surface area contributed by atoms with Gasteiger partial charge in [0.1, 0.15) is 6.17 Å². The predicted octanol–water partition coefficient (Wildman–Crippen LogP) is 2.11. The molecule has 1 saturated carbocycles. The zero-order chi connectivity index (χ0) is 11.7. The molecule has 1 heterocycles. The van der Waals surface area contributed by atoms with Crippen LogP contribution in [0.5, 0.6) is 0 Å². The van der Waals surface area contributed by atoms with Crippen LogP contribution in [-0.4, -0.2) is 11.4 Å². The first-order chi connectivity index (χ1) is 8.30. The Morgan fingerprint density at radius 2 is 1.76 bits per heavy atom. The van der Waals surface area contributed by atoms with E-state index in [1.165, 1.54) is 6.42 Å². The standard InChI is InChI=1S/C14H18N2O/c17-13-14(9-5-2-6-10-14)16-12(15-13)11-7-3-1-4-8-11/h1,3-4,7-8,12,16H,2,5-6,9-10H2,(H,15,17). The van der Waals surface area contributed by atoms with Gasteiger partial charge in [-0.25, -0.2) is 0 Å². The molecule has 17 heavy (non-hydrogen) atoms. The lowest BCUT2D eigenvalue weighted by Crippen LogP contribution is -2.47. The molecule has 1 spiro atoms. The molecule has 1 aromatic rings. The van der Waals surface area contributed by atoms with Gasteiger partial charge in [-0.3, -0.25) is 10.1 Å². The summed E-state index contributed by atoms with van der Waals surface area (Å²) in [4.78, 5) is 12.2. The molecule has 2 N–H and O–H groups in total. The number of amides is 1. The summed E-state index contributed by atoms with van der Waals surface area (Å²) in [6, 6.07) is 10.1. The van der Waals surface area contributed by atoms with Crippen LogP contribution in [0.25, 0.3) is 0 Å². The van der Waals surface area contributed by atoms with Crippen LogP contribution < -0.4 is 10.6 Å². The van der Waals surface area contributed by atoms with Crippen molar-refractivity contribution in [3.63, 3.8) is 0 Å². The van der Waals surface area contributed by atoms with Crippen LogP contribution in [0, 0.1) is 0 Å². The topological polar surface area (TPSA) is 41.1 Å². The minimum Gasteiger partial charge on any atom is -0.335 e. The lowest BCUT2D eigenvalue weighted by molar-refractivity contribution is -0.125. The fourth-order valence-corrected chi connectivity index (χ4v) is 2.99. The maximum absolute atomic E-state index is 12.2. The minimum absolute atomic E-state index is 0.0122. The van der Waals surface area contributed by atoms with Gasteiger partial charge in [-0.15, -0.1) is 0 Å². The fraction of sp³-hybridized carbons (Fsp3) is 0.500. The maximum atomic E-state index is 12.2. The molecule has 0 radical (unpaired) electrons. The predicted molar refractivity (Wildman–Crippen MR) is 66.3 cm³/mol. The van der Waals surface area contributed by atoms with E-state index in [-0.39, 0.29) is 17.6 Å². The highest BCUT2D eigenvalue weighted by Crippen LogP contribution is 2.34. The Kier molecular flexibility index (Phi) is 2.63. The van der Waals surface area contributed by atoms with Crippen molar-refractivity contribution in [3.05, 3.63) is 35.9 Å². The van der Waals surface area contributed by atoms with Gasteiger partial charge >= 0.3 is 0 Å². The van der Waals surface area contributed by atoms with Gasteiger partial charge in [0.15, 0.2) is 0 Å². The van der Waals surface area contributed by atoms with E-state index in [1.54, 1.807) is 0 Å². The molecule has 90 valence electrons. The molecule has 1 aliphatic carbocycles. The number of carbonyl (C=O) groups is 1. The number of hydrogen-bond acceptors (Lipinski definition) is 2. The molecule has 3 rings (SSSR count). The van der Waals surface area contributed by atoms with Crippen LogP contribution in [0.3, 0.4) is 0 Å². The SMILES string of the molecule is O=C1NC(c2ccccc2)NC12CCCCC2. The van der Waals surface area contributed by atoms with Crippen molar-refractivity contribution in [2.75, 3.05) is 0 Å². The van der Waals surface area contributed by atoms with E-state index < -0.39 is 0 Å². The molecule has 2 aliphatic rings. The van der Waals surface area contributed by atoms with Crippen molar-refractivity contribution < 1.29 is 4.79 Å². The van der Waals surface area contributed by atoms with Crippen molar-refractivity contribution in [2.24, 2.45) is 0 Å². The number of carbonyl (C=O) groups excluding carboxylic acids is 1. The summed E-state index contributed by atoms with van der Waals surface area (Å²) in [7, 11) is 0. The van der Waals surface area contributed by atoms with Crippen LogP contribution in [0.4, 0.5) is 0 Å². The zero-order valence-corrected chi connectivity index (χ0v) is 9.91. The van der Waals surface area contributed by atoms with Crippen molar-refractivity contribution in [2.45, 2.75) is 43.8 Å².